The molecule has 0 spiro atoms. The van der Waals surface area contributed by atoms with E-state index in [0.717, 1.165) is 24.0 Å². The smallest absolute Gasteiger partial charge is 0.106 e. The Morgan fingerprint density at radius 1 is 0.793 bits per heavy atom. The quantitative estimate of drug-likeness (QED) is 0.174. The van der Waals surface area contributed by atoms with E-state index < -0.39 is 5.97 Å². The number of hydrogen-bond donors (Lipinski definition) is 0. The van der Waals surface area contributed by atoms with Gasteiger partial charge in [-0.15, -0.1) is 0 Å². The Morgan fingerprint density at radius 3 is 1.66 bits per heavy atom. The minimum Gasteiger partial charge on any atom is -0.550 e. The summed E-state index contributed by atoms with van der Waals surface area (Å²) in [7, 11) is 6.12. The van der Waals surface area contributed by atoms with Crippen LogP contribution in [0.25, 0.3) is 0 Å². The third kappa shape index (κ3) is 20.4. The normalized spacial score (nSPS) is 13.0. The van der Waals surface area contributed by atoms with Crippen molar-refractivity contribution in [1.82, 2.24) is 0 Å². The van der Waals surface area contributed by atoms with Gasteiger partial charge in [0.05, 0.1) is 20.6 Å². The van der Waals surface area contributed by atoms with Crippen molar-refractivity contribution < 1.29 is 19.1 Å². The van der Waals surface area contributed by atoms with E-state index in [-0.39, 0.29) is 12.5 Å². The van der Waals surface area contributed by atoms with Crippen LogP contribution in [0, 0.1) is 0 Å². The number of carbonyl (C=O) groups excluding carboxylic acids is 1. The van der Waals surface area contributed by atoms with E-state index >= 15 is 0 Å². The lowest BCUT2D eigenvalue weighted by molar-refractivity contribution is -0.893. The molecule has 0 aliphatic carbocycles. The van der Waals surface area contributed by atoms with Crippen LogP contribution in [0.3, 0.4) is 0 Å². The summed E-state index contributed by atoms with van der Waals surface area (Å²) in [6.07, 6.45) is 21.6. The van der Waals surface area contributed by atoms with E-state index in [1.165, 1.54) is 89.9 Å². The second-order valence-corrected chi connectivity index (χ2v) is 9.56. The number of carboxylic acid groups (broad SMARTS) is 1. The molecule has 0 aromatic rings. The molecule has 29 heavy (non-hydrogen) atoms. The summed E-state index contributed by atoms with van der Waals surface area (Å²) in [6.45, 7) is 4.08. The molecule has 0 saturated heterocycles. The van der Waals surface area contributed by atoms with Crippen molar-refractivity contribution in [2.75, 3.05) is 34.3 Å². The number of hydrogen-bond acceptors (Lipinski definition) is 3. The van der Waals surface area contributed by atoms with Crippen molar-refractivity contribution in [3.05, 3.63) is 0 Å². The number of likely N-dealkylation sites (N-methyl/N-ethyl adjacent to an activating group) is 1. The molecule has 1 atom stereocenters. The predicted octanol–water partition coefficient (Wildman–Crippen LogP) is 5.48. The number of quaternary nitrogens is 1. The van der Waals surface area contributed by atoms with Crippen LogP contribution in [0.4, 0.5) is 0 Å². The van der Waals surface area contributed by atoms with Gasteiger partial charge in [-0.05, 0) is 12.8 Å². The summed E-state index contributed by atoms with van der Waals surface area (Å²) >= 11 is 0. The fraction of sp³-hybridized carbons (Fsp3) is 0.960. The molecule has 4 heteroatoms. The maximum atomic E-state index is 10.6. The van der Waals surface area contributed by atoms with Crippen LogP contribution in [-0.2, 0) is 9.53 Å². The number of rotatable bonds is 22. The first-order chi connectivity index (χ1) is 13.9. The van der Waals surface area contributed by atoms with Gasteiger partial charge in [0.25, 0.3) is 0 Å². The Bertz CT molecular complexity index is 371. The first-order valence-electron chi connectivity index (χ1n) is 12.5. The number of nitrogens with zero attached hydrogens (tertiary/aromatic N) is 1. The molecule has 0 rings (SSSR count). The second-order valence-electron chi connectivity index (χ2n) is 9.56. The maximum Gasteiger partial charge on any atom is 0.106 e. The van der Waals surface area contributed by atoms with Crippen molar-refractivity contribution in [3.63, 3.8) is 0 Å². The third-order valence-corrected chi connectivity index (χ3v) is 6.06. The topological polar surface area (TPSA) is 49.4 Å². The molecule has 0 bridgehead atoms. The molecule has 0 fully saturated rings. The molecule has 1 unspecified atom stereocenters. The lowest BCUT2D eigenvalue weighted by Gasteiger charge is -2.33. The molecule has 0 aliphatic heterocycles. The van der Waals surface area contributed by atoms with Gasteiger partial charge in [0.15, 0.2) is 0 Å². The van der Waals surface area contributed by atoms with Gasteiger partial charge in [-0.25, -0.2) is 0 Å². The van der Waals surface area contributed by atoms with Gasteiger partial charge in [-0.1, -0.05) is 96.8 Å². The second kappa shape index (κ2) is 19.4. The SMILES string of the molecule is CCCCCCCCCCCCCCCCC(C[N+](C)(C)CCCC(=O)[O-])OC. The summed E-state index contributed by atoms with van der Waals surface area (Å²) in [5.41, 5.74) is 0. The van der Waals surface area contributed by atoms with Gasteiger partial charge >= 0.3 is 0 Å². The Balaban J connectivity index is 3.54. The standard InChI is InChI=1S/C25H51NO3/c1-5-6-7-8-9-10-11-12-13-14-15-16-17-18-20-24(29-4)23-26(2,3)22-19-21-25(27)28/h24H,5-23H2,1-4H3. The summed E-state index contributed by atoms with van der Waals surface area (Å²) in [5, 5.41) is 10.6. The molecule has 0 amide bonds. The zero-order valence-electron chi connectivity index (χ0n) is 20.2. The summed E-state index contributed by atoms with van der Waals surface area (Å²) in [6, 6.07) is 0. The highest BCUT2D eigenvalue weighted by molar-refractivity contribution is 5.64. The van der Waals surface area contributed by atoms with Gasteiger partial charge in [0, 0.05) is 19.5 Å². The summed E-state index contributed by atoms with van der Waals surface area (Å²) < 4.78 is 6.49. The molecule has 4 nitrogen and oxygen atoms in total. The van der Waals surface area contributed by atoms with E-state index in [1.54, 1.807) is 7.11 Å². The van der Waals surface area contributed by atoms with Gasteiger partial charge in [-0.2, -0.15) is 0 Å². The number of aliphatic carboxylic acids is 1. The Labute approximate surface area is 182 Å². The minimum atomic E-state index is -0.948. The minimum absolute atomic E-state index is 0.151. The molecule has 174 valence electrons. The summed E-state index contributed by atoms with van der Waals surface area (Å²) in [4.78, 5) is 10.6. The lowest BCUT2D eigenvalue weighted by Crippen LogP contribution is -2.46. The largest absolute Gasteiger partial charge is 0.550 e. The third-order valence-electron chi connectivity index (χ3n) is 6.06. The van der Waals surface area contributed by atoms with Gasteiger partial charge in [0.2, 0.25) is 0 Å². The molecule has 0 aliphatic rings. The van der Waals surface area contributed by atoms with Crippen LogP contribution in [0.15, 0.2) is 0 Å². The Kier molecular flexibility index (Phi) is 19.0. The lowest BCUT2D eigenvalue weighted by atomic mass is 10.0. The first kappa shape index (κ1) is 28.4. The fourth-order valence-electron chi connectivity index (χ4n) is 4.14. The molecule has 0 N–H and O–H groups in total. The summed E-state index contributed by atoms with van der Waals surface area (Å²) in [5.74, 6) is -0.948. The van der Waals surface area contributed by atoms with Crippen molar-refractivity contribution in [1.29, 1.82) is 0 Å². The number of carbonyl (C=O) groups is 1. The van der Waals surface area contributed by atoms with E-state index in [0.29, 0.717) is 6.42 Å². The number of unbranched alkanes of at least 4 members (excludes halogenated alkanes) is 13. The number of methoxy groups -OCH3 is 1. The average molecular weight is 414 g/mol. The molecular weight excluding hydrogens is 362 g/mol. The van der Waals surface area contributed by atoms with Crippen molar-refractivity contribution in [2.45, 2.75) is 122 Å². The maximum absolute atomic E-state index is 10.6. The highest BCUT2D eigenvalue weighted by Crippen LogP contribution is 2.15. The van der Waals surface area contributed by atoms with E-state index in [4.69, 9.17) is 4.74 Å². The van der Waals surface area contributed by atoms with Crippen LogP contribution in [-0.4, -0.2) is 50.9 Å². The molecular formula is C25H51NO3. The van der Waals surface area contributed by atoms with Crippen LogP contribution < -0.4 is 5.11 Å². The molecule has 0 radical (unpaired) electrons. The zero-order chi connectivity index (χ0) is 21.8. The van der Waals surface area contributed by atoms with Crippen molar-refractivity contribution in [3.8, 4) is 0 Å². The van der Waals surface area contributed by atoms with Crippen molar-refractivity contribution in [2.24, 2.45) is 0 Å². The molecule has 0 aromatic heterocycles. The van der Waals surface area contributed by atoms with Crippen molar-refractivity contribution >= 4 is 5.97 Å². The average Bonchev–Trinajstić information content (AvgIpc) is 2.66. The van der Waals surface area contributed by atoms with E-state index in [2.05, 4.69) is 21.0 Å². The number of carboxylic acids is 1. The fourth-order valence-corrected chi connectivity index (χ4v) is 4.14. The Hall–Kier alpha value is -0.610. The molecule has 0 saturated carbocycles. The van der Waals surface area contributed by atoms with Gasteiger partial charge in [-0.3, -0.25) is 0 Å². The zero-order valence-corrected chi connectivity index (χ0v) is 20.2. The van der Waals surface area contributed by atoms with E-state index in [1.807, 2.05) is 0 Å². The highest BCUT2D eigenvalue weighted by atomic mass is 16.5. The Morgan fingerprint density at radius 2 is 1.24 bits per heavy atom. The first-order valence-corrected chi connectivity index (χ1v) is 12.5. The van der Waals surface area contributed by atoms with Crippen LogP contribution >= 0.6 is 0 Å². The van der Waals surface area contributed by atoms with Crippen LogP contribution in [0.1, 0.15) is 116 Å². The highest BCUT2D eigenvalue weighted by Gasteiger charge is 2.21. The monoisotopic (exact) mass is 413 g/mol. The van der Waals surface area contributed by atoms with Gasteiger partial charge in [0.1, 0.15) is 12.6 Å². The van der Waals surface area contributed by atoms with Gasteiger partial charge < -0.3 is 19.1 Å². The van der Waals surface area contributed by atoms with Crippen LogP contribution in [0.5, 0.6) is 0 Å². The predicted molar refractivity (Wildman–Crippen MR) is 122 cm³/mol. The van der Waals surface area contributed by atoms with Crippen LogP contribution in [0.2, 0.25) is 0 Å². The molecule has 0 heterocycles. The number of ether oxygens (including phenoxy) is 1. The van der Waals surface area contributed by atoms with E-state index in [9.17, 15) is 9.90 Å². The molecule has 0 aromatic carbocycles.